The van der Waals surface area contributed by atoms with Gasteiger partial charge in [0, 0.05) is 4.47 Å². The van der Waals surface area contributed by atoms with E-state index in [9.17, 15) is 4.39 Å². The molecule has 15 heavy (non-hydrogen) atoms. The quantitative estimate of drug-likeness (QED) is 0.868. The summed E-state index contributed by atoms with van der Waals surface area (Å²) in [6.07, 6.45) is 1.81. The maximum Gasteiger partial charge on any atom is 0.126 e. The summed E-state index contributed by atoms with van der Waals surface area (Å²) >= 11 is 3.36. The molecule has 0 amide bonds. The summed E-state index contributed by atoms with van der Waals surface area (Å²) in [5.74, 6) is 0.475. The van der Waals surface area contributed by atoms with Crippen molar-refractivity contribution in [2.75, 3.05) is 13.6 Å². The maximum atomic E-state index is 13.4. The molecule has 0 spiro atoms. The second kappa shape index (κ2) is 6.23. The lowest BCUT2D eigenvalue weighted by Gasteiger charge is -2.10. The highest BCUT2D eigenvalue weighted by Crippen LogP contribution is 2.18. The lowest BCUT2D eigenvalue weighted by Crippen LogP contribution is -2.16. The highest BCUT2D eigenvalue weighted by atomic mass is 79.9. The van der Waals surface area contributed by atoms with E-state index in [4.69, 9.17) is 0 Å². The van der Waals surface area contributed by atoms with Crippen LogP contribution in [0.25, 0.3) is 0 Å². The Kier molecular flexibility index (Phi) is 5.26. The molecule has 0 saturated carbocycles. The van der Waals surface area contributed by atoms with Crippen LogP contribution < -0.4 is 5.32 Å². The number of aryl methyl sites for hydroxylation is 1. The van der Waals surface area contributed by atoms with Gasteiger partial charge in [0.1, 0.15) is 5.82 Å². The molecule has 0 aliphatic carbocycles. The minimum absolute atomic E-state index is 0.102. The largest absolute Gasteiger partial charge is 0.319 e. The van der Waals surface area contributed by atoms with E-state index < -0.39 is 0 Å². The number of nitrogens with one attached hydrogen (secondary N) is 1. The fraction of sp³-hybridized carbons (Fsp3) is 0.500. The fourth-order valence-corrected chi connectivity index (χ4v) is 2.00. The van der Waals surface area contributed by atoms with Crippen LogP contribution in [0, 0.1) is 11.7 Å². The average Bonchev–Trinajstić information content (AvgIpc) is 2.20. The number of halogens is 2. The second-order valence-corrected chi connectivity index (χ2v) is 4.85. The van der Waals surface area contributed by atoms with Gasteiger partial charge in [-0.3, -0.25) is 0 Å². The van der Waals surface area contributed by atoms with Crippen molar-refractivity contribution in [3.63, 3.8) is 0 Å². The van der Waals surface area contributed by atoms with Crippen molar-refractivity contribution in [1.82, 2.24) is 5.32 Å². The Bertz CT molecular complexity index is 314. The molecule has 1 rings (SSSR count). The predicted octanol–water partition coefficient (Wildman–Crippen LogP) is 3.38. The molecule has 0 aromatic heterocycles. The van der Waals surface area contributed by atoms with Crippen molar-refractivity contribution < 1.29 is 4.39 Å². The van der Waals surface area contributed by atoms with Crippen LogP contribution in [0.4, 0.5) is 4.39 Å². The summed E-state index contributed by atoms with van der Waals surface area (Å²) in [5.41, 5.74) is 0.798. The Balaban J connectivity index is 2.53. The molecule has 0 heterocycles. The number of hydrogen-bond donors (Lipinski definition) is 1. The van der Waals surface area contributed by atoms with E-state index in [-0.39, 0.29) is 5.82 Å². The lowest BCUT2D eigenvalue weighted by molar-refractivity contribution is 0.496. The van der Waals surface area contributed by atoms with Crippen LogP contribution in [-0.4, -0.2) is 13.6 Å². The molecule has 1 unspecified atom stereocenters. The number of rotatable bonds is 5. The highest BCUT2D eigenvalue weighted by molar-refractivity contribution is 9.10. The van der Waals surface area contributed by atoms with E-state index in [0.717, 1.165) is 29.4 Å². The van der Waals surface area contributed by atoms with Gasteiger partial charge < -0.3 is 5.32 Å². The summed E-state index contributed by atoms with van der Waals surface area (Å²) in [6.45, 7) is 3.15. The molecular formula is C12H17BrFN. The average molecular weight is 274 g/mol. The van der Waals surface area contributed by atoms with Gasteiger partial charge in [0.2, 0.25) is 0 Å². The minimum atomic E-state index is -0.102. The summed E-state index contributed by atoms with van der Waals surface area (Å²) in [4.78, 5) is 0. The third kappa shape index (κ3) is 4.31. The Morgan fingerprint density at radius 2 is 2.20 bits per heavy atom. The zero-order valence-electron chi connectivity index (χ0n) is 9.19. The van der Waals surface area contributed by atoms with Gasteiger partial charge in [0.25, 0.3) is 0 Å². The maximum absolute atomic E-state index is 13.4. The highest BCUT2D eigenvalue weighted by Gasteiger charge is 2.06. The standard InChI is InChI=1S/C12H17BrFN/c1-9(8-15-2)3-4-10-7-11(13)5-6-12(10)14/h5-7,9,15H,3-4,8H2,1-2H3. The van der Waals surface area contributed by atoms with Crippen LogP contribution in [-0.2, 0) is 6.42 Å². The summed E-state index contributed by atoms with van der Waals surface area (Å²) in [7, 11) is 1.94. The van der Waals surface area contributed by atoms with Gasteiger partial charge in [0.15, 0.2) is 0 Å². The van der Waals surface area contributed by atoms with Gasteiger partial charge in [-0.1, -0.05) is 22.9 Å². The van der Waals surface area contributed by atoms with Crippen LogP contribution in [0.15, 0.2) is 22.7 Å². The van der Waals surface area contributed by atoms with Crippen LogP contribution >= 0.6 is 15.9 Å². The first-order valence-corrected chi connectivity index (χ1v) is 6.01. The minimum Gasteiger partial charge on any atom is -0.319 e. The third-order valence-electron chi connectivity index (χ3n) is 2.47. The van der Waals surface area contributed by atoms with E-state index in [1.165, 1.54) is 6.07 Å². The Morgan fingerprint density at radius 1 is 1.47 bits per heavy atom. The van der Waals surface area contributed by atoms with Gasteiger partial charge in [-0.05, 0) is 56.1 Å². The smallest absolute Gasteiger partial charge is 0.126 e. The van der Waals surface area contributed by atoms with Crippen LogP contribution in [0.1, 0.15) is 18.9 Å². The molecule has 3 heteroatoms. The van der Waals surface area contributed by atoms with Crippen molar-refractivity contribution in [3.8, 4) is 0 Å². The van der Waals surface area contributed by atoms with E-state index in [2.05, 4.69) is 28.2 Å². The van der Waals surface area contributed by atoms with Gasteiger partial charge >= 0.3 is 0 Å². The first-order valence-electron chi connectivity index (χ1n) is 5.22. The second-order valence-electron chi connectivity index (χ2n) is 3.94. The molecule has 1 N–H and O–H groups in total. The molecular weight excluding hydrogens is 257 g/mol. The zero-order chi connectivity index (χ0) is 11.3. The fourth-order valence-electron chi connectivity index (χ4n) is 1.59. The van der Waals surface area contributed by atoms with Crippen molar-refractivity contribution in [2.24, 2.45) is 5.92 Å². The van der Waals surface area contributed by atoms with Crippen molar-refractivity contribution >= 4 is 15.9 Å². The summed E-state index contributed by atoms with van der Waals surface area (Å²) in [5, 5.41) is 3.13. The normalized spacial score (nSPS) is 12.8. The first kappa shape index (κ1) is 12.7. The van der Waals surface area contributed by atoms with E-state index in [1.54, 1.807) is 6.07 Å². The van der Waals surface area contributed by atoms with Crippen molar-refractivity contribution in [1.29, 1.82) is 0 Å². The van der Waals surface area contributed by atoms with Gasteiger partial charge in [-0.15, -0.1) is 0 Å². The van der Waals surface area contributed by atoms with Crippen molar-refractivity contribution in [3.05, 3.63) is 34.1 Å². The van der Waals surface area contributed by atoms with Crippen LogP contribution in [0.2, 0.25) is 0 Å². The molecule has 84 valence electrons. The topological polar surface area (TPSA) is 12.0 Å². The summed E-state index contributed by atoms with van der Waals surface area (Å²) in [6, 6.07) is 5.11. The molecule has 1 aromatic rings. The zero-order valence-corrected chi connectivity index (χ0v) is 10.8. The van der Waals surface area contributed by atoms with E-state index >= 15 is 0 Å². The molecule has 0 aliphatic heterocycles. The number of hydrogen-bond acceptors (Lipinski definition) is 1. The van der Waals surface area contributed by atoms with Gasteiger partial charge in [-0.2, -0.15) is 0 Å². The molecule has 0 radical (unpaired) electrons. The molecule has 0 fully saturated rings. The Labute approximate surface area is 99.2 Å². The molecule has 0 bridgehead atoms. The van der Waals surface area contributed by atoms with E-state index in [1.807, 2.05) is 13.1 Å². The van der Waals surface area contributed by atoms with Gasteiger partial charge in [0.05, 0.1) is 0 Å². The first-order chi connectivity index (χ1) is 7.13. The van der Waals surface area contributed by atoms with Crippen molar-refractivity contribution in [2.45, 2.75) is 19.8 Å². The third-order valence-corrected chi connectivity index (χ3v) is 2.96. The predicted molar refractivity (Wildman–Crippen MR) is 65.5 cm³/mol. The molecule has 1 nitrogen and oxygen atoms in total. The Morgan fingerprint density at radius 3 is 2.87 bits per heavy atom. The van der Waals surface area contributed by atoms with Gasteiger partial charge in [-0.25, -0.2) is 4.39 Å². The van der Waals surface area contributed by atoms with Crippen LogP contribution in [0.3, 0.4) is 0 Å². The lowest BCUT2D eigenvalue weighted by atomic mass is 10.0. The Hall–Kier alpha value is -0.410. The molecule has 1 atom stereocenters. The summed E-state index contributed by atoms with van der Waals surface area (Å²) < 4.78 is 14.3. The molecule has 0 aliphatic rings. The van der Waals surface area contributed by atoms with E-state index in [0.29, 0.717) is 5.92 Å². The monoisotopic (exact) mass is 273 g/mol. The number of benzene rings is 1. The molecule has 0 saturated heterocycles. The molecule has 1 aromatic carbocycles. The SMILES string of the molecule is CNCC(C)CCc1cc(Br)ccc1F. The van der Waals surface area contributed by atoms with Crippen LogP contribution in [0.5, 0.6) is 0 Å².